The highest BCUT2D eigenvalue weighted by molar-refractivity contribution is 6.15. The van der Waals surface area contributed by atoms with Gasteiger partial charge < -0.3 is 14.6 Å². The summed E-state index contributed by atoms with van der Waals surface area (Å²) in [6.07, 6.45) is 5.72. The van der Waals surface area contributed by atoms with E-state index in [1.165, 1.54) is 12.8 Å². The van der Waals surface area contributed by atoms with Crippen LogP contribution in [0.5, 0.6) is 5.75 Å². The number of nitrogens with zero attached hydrogens (tertiary/aromatic N) is 1. The number of carbonyl (C=O) groups is 2. The van der Waals surface area contributed by atoms with Gasteiger partial charge in [0, 0.05) is 19.0 Å². The van der Waals surface area contributed by atoms with Gasteiger partial charge in [-0.1, -0.05) is 31.9 Å². The molecule has 5 heteroatoms. The van der Waals surface area contributed by atoms with E-state index in [4.69, 9.17) is 4.74 Å². The molecule has 1 atom stereocenters. The monoisotopic (exact) mass is 380 g/mol. The van der Waals surface area contributed by atoms with E-state index >= 15 is 0 Å². The van der Waals surface area contributed by atoms with Gasteiger partial charge in [-0.2, -0.15) is 0 Å². The maximum atomic E-state index is 13.1. The molecule has 0 saturated heterocycles. The van der Waals surface area contributed by atoms with Gasteiger partial charge in [-0.25, -0.2) is 0 Å². The van der Waals surface area contributed by atoms with Crippen LogP contribution in [0.15, 0.2) is 30.3 Å². The van der Waals surface area contributed by atoms with Crippen molar-refractivity contribution in [2.75, 3.05) is 12.4 Å². The van der Waals surface area contributed by atoms with Gasteiger partial charge >= 0.3 is 0 Å². The van der Waals surface area contributed by atoms with Gasteiger partial charge in [0.25, 0.3) is 0 Å². The average Bonchev–Trinajstić information content (AvgIpc) is 3.31. The molecule has 0 spiro atoms. The highest BCUT2D eigenvalue weighted by Gasteiger charge is 2.36. The summed E-state index contributed by atoms with van der Waals surface area (Å²) in [5, 5.41) is 3.65. The number of rotatable bonds is 6. The number of hydrogen-bond donors (Lipinski definition) is 1. The number of anilines is 1. The molecule has 4 rings (SSSR count). The zero-order valence-corrected chi connectivity index (χ0v) is 16.7. The Hall–Kier alpha value is -2.56. The molecule has 1 fully saturated rings. The second-order valence-corrected chi connectivity index (χ2v) is 7.93. The van der Waals surface area contributed by atoms with Crippen LogP contribution in [-0.4, -0.2) is 29.3 Å². The van der Waals surface area contributed by atoms with Crippen LogP contribution in [0.3, 0.4) is 0 Å². The van der Waals surface area contributed by atoms with Crippen molar-refractivity contribution in [1.29, 1.82) is 0 Å². The molecule has 5 nitrogen and oxygen atoms in total. The number of nitrogens with one attached hydrogen (secondary N) is 1. The molecular weight excluding hydrogens is 352 g/mol. The molecule has 2 aliphatic rings. The molecule has 1 saturated carbocycles. The van der Waals surface area contributed by atoms with Gasteiger partial charge in [0.2, 0.25) is 0 Å². The molecule has 1 unspecified atom stereocenters. The Kier molecular flexibility index (Phi) is 5.25. The van der Waals surface area contributed by atoms with Crippen molar-refractivity contribution in [3.8, 4) is 5.75 Å². The first-order valence-electron chi connectivity index (χ1n) is 10.3. The molecule has 2 aromatic rings. The minimum atomic E-state index is -0.503. The first-order chi connectivity index (χ1) is 13.6. The lowest BCUT2D eigenvalue weighted by atomic mass is 9.84. The number of ketones is 2. The number of benzene rings is 1. The maximum Gasteiger partial charge on any atom is 0.190 e. The molecule has 148 valence electrons. The summed E-state index contributed by atoms with van der Waals surface area (Å²) in [6.45, 7) is 2.52. The SMILES string of the molecule is CCC1C(=O)Cc2cc(NC3CCCC3)n(Cc3ccc(OC)cc3)c2C1=O. The second kappa shape index (κ2) is 7.82. The number of aromatic nitrogens is 1. The van der Waals surface area contributed by atoms with Gasteiger partial charge in [0.1, 0.15) is 17.4 Å². The van der Waals surface area contributed by atoms with Crippen molar-refractivity contribution < 1.29 is 14.3 Å². The number of methoxy groups -OCH3 is 1. The van der Waals surface area contributed by atoms with Gasteiger partial charge in [0.05, 0.1) is 18.7 Å². The number of hydrogen-bond acceptors (Lipinski definition) is 4. The molecule has 1 aromatic heterocycles. The van der Waals surface area contributed by atoms with Crippen molar-refractivity contribution >= 4 is 17.4 Å². The van der Waals surface area contributed by atoms with Crippen LogP contribution in [0.1, 0.15) is 60.6 Å². The van der Waals surface area contributed by atoms with E-state index < -0.39 is 5.92 Å². The van der Waals surface area contributed by atoms with E-state index in [1.807, 2.05) is 37.3 Å². The Morgan fingerprint density at radius 3 is 2.50 bits per heavy atom. The number of ether oxygens (including phenoxy) is 1. The fourth-order valence-electron chi connectivity index (χ4n) is 4.54. The molecule has 0 aliphatic heterocycles. The minimum Gasteiger partial charge on any atom is -0.497 e. The van der Waals surface area contributed by atoms with Crippen molar-refractivity contribution in [3.05, 3.63) is 47.2 Å². The fourth-order valence-corrected chi connectivity index (χ4v) is 4.54. The predicted octanol–water partition coefficient (Wildman–Crippen LogP) is 4.23. The quantitative estimate of drug-likeness (QED) is 0.762. The van der Waals surface area contributed by atoms with Crippen LogP contribution < -0.4 is 10.1 Å². The van der Waals surface area contributed by atoms with Gasteiger partial charge in [-0.05, 0) is 48.6 Å². The fraction of sp³-hybridized carbons (Fsp3) is 0.478. The topological polar surface area (TPSA) is 60.3 Å². The number of carbonyl (C=O) groups excluding carboxylic acids is 2. The first-order valence-corrected chi connectivity index (χ1v) is 10.3. The molecule has 28 heavy (non-hydrogen) atoms. The third-order valence-electron chi connectivity index (χ3n) is 6.09. The van der Waals surface area contributed by atoms with Crippen LogP contribution >= 0.6 is 0 Å². The zero-order chi connectivity index (χ0) is 19.7. The van der Waals surface area contributed by atoms with Crippen LogP contribution in [0, 0.1) is 5.92 Å². The summed E-state index contributed by atoms with van der Waals surface area (Å²) >= 11 is 0. The molecule has 0 amide bonds. The summed E-state index contributed by atoms with van der Waals surface area (Å²) < 4.78 is 7.34. The normalized spacial score (nSPS) is 19.7. The minimum absolute atomic E-state index is 0.0262. The Morgan fingerprint density at radius 2 is 1.86 bits per heavy atom. The number of fused-ring (bicyclic) bond motifs is 1. The lowest BCUT2D eigenvalue weighted by molar-refractivity contribution is -0.121. The highest BCUT2D eigenvalue weighted by Crippen LogP contribution is 2.33. The second-order valence-electron chi connectivity index (χ2n) is 7.93. The Morgan fingerprint density at radius 1 is 1.14 bits per heavy atom. The van der Waals surface area contributed by atoms with Crippen LogP contribution in [0.4, 0.5) is 5.82 Å². The zero-order valence-electron chi connectivity index (χ0n) is 16.7. The molecule has 1 N–H and O–H groups in total. The summed E-state index contributed by atoms with van der Waals surface area (Å²) in [6, 6.07) is 10.4. The molecule has 1 heterocycles. The van der Waals surface area contributed by atoms with Crippen LogP contribution in [0.25, 0.3) is 0 Å². The smallest absolute Gasteiger partial charge is 0.190 e. The van der Waals surface area contributed by atoms with Crippen LogP contribution in [-0.2, 0) is 17.8 Å². The summed E-state index contributed by atoms with van der Waals surface area (Å²) in [4.78, 5) is 25.6. The van der Waals surface area contributed by atoms with Crippen molar-refractivity contribution in [2.24, 2.45) is 5.92 Å². The molecule has 0 radical (unpaired) electrons. The number of Topliss-reactive ketones (excluding diaryl/α,β-unsaturated/α-hetero) is 2. The third-order valence-corrected chi connectivity index (χ3v) is 6.09. The van der Waals surface area contributed by atoms with E-state index in [2.05, 4.69) is 9.88 Å². The van der Waals surface area contributed by atoms with Gasteiger partial charge in [0.15, 0.2) is 5.78 Å². The van der Waals surface area contributed by atoms with Crippen molar-refractivity contribution in [3.63, 3.8) is 0 Å². The van der Waals surface area contributed by atoms with E-state index in [0.29, 0.717) is 31.1 Å². The lowest BCUT2D eigenvalue weighted by Crippen LogP contribution is -2.32. The van der Waals surface area contributed by atoms with E-state index in [9.17, 15) is 9.59 Å². The standard InChI is InChI=1S/C23H28N2O3/c1-3-19-20(26)12-16-13-21(24-17-6-4-5-7-17)25(22(16)23(19)27)14-15-8-10-18(28-2)11-9-15/h8-11,13,17,19,24H,3-7,12,14H2,1-2H3. The largest absolute Gasteiger partial charge is 0.497 e. The summed E-state index contributed by atoms with van der Waals surface area (Å²) in [5.74, 6) is 1.30. The molecule has 1 aromatic carbocycles. The molecular formula is C23H28N2O3. The van der Waals surface area contributed by atoms with E-state index in [1.54, 1.807) is 7.11 Å². The maximum absolute atomic E-state index is 13.1. The Labute approximate surface area is 166 Å². The van der Waals surface area contributed by atoms with E-state index in [-0.39, 0.29) is 11.6 Å². The van der Waals surface area contributed by atoms with Gasteiger partial charge in [-0.15, -0.1) is 0 Å². The van der Waals surface area contributed by atoms with Gasteiger partial charge in [-0.3, -0.25) is 9.59 Å². The summed E-state index contributed by atoms with van der Waals surface area (Å²) in [5.41, 5.74) is 2.68. The third kappa shape index (κ3) is 3.46. The Balaban J connectivity index is 1.72. The average molecular weight is 380 g/mol. The molecule has 0 bridgehead atoms. The van der Waals surface area contributed by atoms with Crippen molar-refractivity contribution in [1.82, 2.24) is 4.57 Å². The van der Waals surface area contributed by atoms with Crippen LogP contribution in [0.2, 0.25) is 0 Å². The van der Waals surface area contributed by atoms with E-state index in [0.717, 1.165) is 35.5 Å². The molecule has 2 aliphatic carbocycles. The predicted molar refractivity (Wildman–Crippen MR) is 109 cm³/mol. The summed E-state index contributed by atoms with van der Waals surface area (Å²) in [7, 11) is 1.65. The lowest BCUT2D eigenvalue weighted by Gasteiger charge is -2.22. The highest BCUT2D eigenvalue weighted by atomic mass is 16.5. The Bertz CT molecular complexity index is 876. The van der Waals surface area contributed by atoms with Crippen molar-refractivity contribution in [2.45, 2.75) is 58.0 Å². The first kappa shape index (κ1) is 18.8.